The van der Waals surface area contributed by atoms with Crippen LogP contribution < -0.4 is 4.72 Å². The first-order valence-electron chi connectivity index (χ1n) is 7.29. The number of ether oxygens (including phenoxy) is 1. The first-order valence-corrected chi connectivity index (χ1v) is 10.8. The first kappa shape index (κ1) is 19.6. The van der Waals surface area contributed by atoms with Crippen LogP contribution in [0.25, 0.3) is 0 Å². The van der Waals surface area contributed by atoms with E-state index in [1.807, 2.05) is 0 Å². The van der Waals surface area contributed by atoms with E-state index in [-0.39, 0.29) is 23.9 Å². The molecule has 2 atom stereocenters. The SMILES string of the molecule is Cc1ccc(S(=O)(=O)N[C@H]2COC[C@H]2CS(=O)(=O)N(C)C)cc1Cl. The third-order valence-corrected chi connectivity index (χ3v) is 7.80. The Kier molecular flexibility index (Phi) is 5.94. The lowest BCUT2D eigenvalue weighted by Gasteiger charge is -2.21. The van der Waals surface area contributed by atoms with Crippen molar-refractivity contribution in [1.82, 2.24) is 9.03 Å². The standard InChI is InChI=1S/C14H21ClN2O5S2/c1-10-4-5-12(6-13(10)15)24(20,21)16-14-8-22-7-11(14)9-23(18,19)17(2)3/h4-6,11,14,16H,7-9H2,1-3H3/t11-,14-/m0/s1. The lowest BCUT2D eigenvalue weighted by molar-refractivity contribution is 0.185. The number of nitrogens with zero attached hydrogens (tertiary/aromatic N) is 1. The predicted molar refractivity (Wildman–Crippen MR) is 92.1 cm³/mol. The zero-order valence-electron chi connectivity index (χ0n) is 13.7. The zero-order chi connectivity index (χ0) is 18.1. The van der Waals surface area contributed by atoms with Crippen LogP contribution in [0.5, 0.6) is 0 Å². The van der Waals surface area contributed by atoms with E-state index in [9.17, 15) is 16.8 Å². The van der Waals surface area contributed by atoms with Gasteiger partial charge in [-0.25, -0.2) is 25.9 Å². The van der Waals surface area contributed by atoms with Gasteiger partial charge in [-0.3, -0.25) is 0 Å². The highest BCUT2D eigenvalue weighted by molar-refractivity contribution is 7.89. The Morgan fingerprint density at radius 2 is 1.92 bits per heavy atom. The van der Waals surface area contributed by atoms with E-state index in [0.717, 1.165) is 9.87 Å². The lowest BCUT2D eigenvalue weighted by Crippen LogP contribution is -2.43. The molecule has 0 spiro atoms. The minimum absolute atomic E-state index is 0.0409. The summed E-state index contributed by atoms with van der Waals surface area (Å²) in [4.78, 5) is 0.0409. The van der Waals surface area contributed by atoms with Crippen LogP contribution in [0.1, 0.15) is 5.56 Å². The van der Waals surface area contributed by atoms with E-state index >= 15 is 0 Å². The summed E-state index contributed by atoms with van der Waals surface area (Å²) < 4.78 is 58.0. The Morgan fingerprint density at radius 3 is 2.50 bits per heavy atom. The summed E-state index contributed by atoms with van der Waals surface area (Å²) in [6, 6.07) is 3.85. The molecule has 0 saturated carbocycles. The number of hydrogen-bond acceptors (Lipinski definition) is 5. The second-order valence-electron chi connectivity index (χ2n) is 6.00. The van der Waals surface area contributed by atoms with Gasteiger partial charge >= 0.3 is 0 Å². The molecule has 24 heavy (non-hydrogen) atoms. The first-order chi connectivity index (χ1) is 11.0. The van der Waals surface area contributed by atoms with Gasteiger partial charge in [0.15, 0.2) is 0 Å². The monoisotopic (exact) mass is 396 g/mol. The second-order valence-corrected chi connectivity index (χ2v) is 10.3. The maximum Gasteiger partial charge on any atom is 0.240 e. The van der Waals surface area contributed by atoms with Crippen molar-refractivity contribution in [2.75, 3.05) is 33.1 Å². The minimum Gasteiger partial charge on any atom is -0.379 e. The average Bonchev–Trinajstić information content (AvgIpc) is 2.87. The lowest BCUT2D eigenvalue weighted by atomic mass is 10.1. The Balaban J connectivity index is 2.17. The molecule has 1 aliphatic rings. The normalized spacial score (nSPS) is 22.2. The van der Waals surface area contributed by atoms with Crippen LogP contribution in [-0.4, -0.2) is 60.2 Å². The maximum absolute atomic E-state index is 12.5. The Morgan fingerprint density at radius 1 is 1.25 bits per heavy atom. The molecular formula is C14H21ClN2O5S2. The summed E-state index contributed by atoms with van der Waals surface area (Å²) in [7, 11) is -4.38. The number of sulfonamides is 2. The van der Waals surface area contributed by atoms with Crippen molar-refractivity contribution in [3.05, 3.63) is 28.8 Å². The van der Waals surface area contributed by atoms with Gasteiger partial charge in [-0.05, 0) is 24.6 Å². The van der Waals surface area contributed by atoms with Crippen LogP contribution in [0.2, 0.25) is 5.02 Å². The van der Waals surface area contributed by atoms with Crippen molar-refractivity contribution < 1.29 is 21.6 Å². The number of benzene rings is 1. The zero-order valence-corrected chi connectivity index (χ0v) is 16.1. The van der Waals surface area contributed by atoms with Gasteiger partial charge in [0, 0.05) is 25.0 Å². The molecule has 1 aromatic rings. The fraction of sp³-hybridized carbons (Fsp3) is 0.571. The molecule has 1 aliphatic heterocycles. The summed E-state index contributed by atoms with van der Waals surface area (Å²) >= 11 is 5.99. The molecule has 136 valence electrons. The number of aryl methyl sites for hydroxylation is 1. The Hall–Kier alpha value is -0.710. The van der Waals surface area contributed by atoms with Crippen LogP contribution in [0.3, 0.4) is 0 Å². The van der Waals surface area contributed by atoms with Gasteiger partial charge in [0.2, 0.25) is 20.0 Å². The molecule has 2 rings (SSSR count). The number of halogens is 1. The smallest absolute Gasteiger partial charge is 0.240 e. The van der Waals surface area contributed by atoms with Crippen LogP contribution >= 0.6 is 11.6 Å². The summed E-state index contributed by atoms with van der Waals surface area (Å²) in [6.45, 7) is 2.10. The van der Waals surface area contributed by atoms with Gasteiger partial charge in [0.25, 0.3) is 0 Å². The van der Waals surface area contributed by atoms with Gasteiger partial charge in [0.05, 0.1) is 29.9 Å². The molecule has 1 fully saturated rings. The Bertz CT molecular complexity index is 808. The molecule has 0 amide bonds. The fourth-order valence-corrected chi connectivity index (χ4v) is 5.05. The molecule has 0 bridgehead atoms. The van der Waals surface area contributed by atoms with Crippen molar-refractivity contribution in [2.24, 2.45) is 5.92 Å². The summed E-state index contributed by atoms with van der Waals surface area (Å²) in [5, 5.41) is 0.354. The van der Waals surface area contributed by atoms with Crippen molar-refractivity contribution in [3.63, 3.8) is 0 Å². The summed E-state index contributed by atoms with van der Waals surface area (Å²) in [5.74, 6) is -0.630. The highest BCUT2D eigenvalue weighted by Crippen LogP contribution is 2.23. The van der Waals surface area contributed by atoms with Crippen LogP contribution in [-0.2, 0) is 24.8 Å². The molecule has 7 nitrogen and oxygen atoms in total. The molecular weight excluding hydrogens is 376 g/mol. The van der Waals surface area contributed by atoms with Gasteiger partial charge in [-0.2, -0.15) is 0 Å². The van der Waals surface area contributed by atoms with Crippen LogP contribution in [0, 0.1) is 12.8 Å². The van der Waals surface area contributed by atoms with Gasteiger partial charge in [-0.1, -0.05) is 17.7 Å². The van der Waals surface area contributed by atoms with E-state index in [1.165, 1.54) is 26.2 Å². The molecule has 1 heterocycles. The highest BCUT2D eigenvalue weighted by atomic mass is 35.5. The van der Waals surface area contributed by atoms with Gasteiger partial charge < -0.3 is 4.74 Å². The van der Waals surface area contributed by atoms with Crippen LogP contribution in [0.15, 0.2) is 23.1 Å². The van der Waals surface area contributed by atoms with Gasteiger partial charge in [-0.15, -0.1) is 0 Å². The topological polar surface area (TPSA) is 92.8 Å². The van der Waals surface area contributed by atoms with Crippen molar-refractivity contribution >= 4 is 31.6 Å². The molecule has 0 unspecified atom stereocenters. The van der Waals surface area contributed by atoms with E-state index in [2.05, 4.69) is 4.72 Å². The van der Waals surface area contributed by atoms with Crippen LogP contribution in [0.4, 0.5) is 0 Å². The summed E-state index contributed by atoms with van der Waals surface area (Å²) in [5.41, 5.74) is 0.773. The van der Waals surface area contributed by atoms with E-state index in [4.69, 9.17) is 16.3 Å². The molecule has 1 aromatic carbocycles. The Labute approximate surface area is 148 Å². The van der Waals surface area contributed by atoms with Crippen molar-refractivity contribution in [2.45, 2.75) is 17.9 Å². The maximum atomic E-state index is 12.5. The van der Waals surface area contributed by atoms with E-state index in [0.29, 0.717) is 5.02 Å². The minimum atomic E-state index is -3.81. The molecule has 1 N–H and O–H groups in total. The predicted octanol–water partition coefficient (Wildman–Crippen LogP) is 0.833. The molecule has 0 aromatic heterocycles. The summed E-state index contributed by atoms with van der Waals surface area (Å²) in [6.07, 6.45) is 0. The van der Waals surface area contributed by atoms with Gasteiger partial charge in [0.1, 0.15) is 0 Å². The largest absolute Gasteiger partial charge is 0.379 e. The number of hydrogen-bond donors (Lipinski definition) is 1. The molecule has 1 saturated heterocycles. The number of rotatable bonds is 6. The third-order valence-electron chi connectivity index (χ3n) is 3.94. The average molecular weight is 397 g/mol. The number of nitrogens with one attached hydrogen (secondary N) is 1. The highest BCUT2D eigenvalue weighted by Gasteiger charge is 2.36. The molecule has 10 heteroatoms. The van der Waals surface area contributed by atoms with E-state index < -0.39 is 32.0 Å². The quantitative estimate of drug-likeness (QED) is 0.768. The van der Waals surface area contributed by atoms with E-state index in [1.54, 1.807) is 13.0 Å². The fourth-order valence-electron chi connectivity index (χ4n) is 2.32. The third kappa shape index (κ3) is 4.47. The van der Waals surface area contributed by atoms with Crippen molar-refractivity contribution in [1.29, 1.82) is 0 Å². The molecule has 0 aliphatic carbocycles. The van der Waals surface area contributed by atoms with Crippen molar-refractivity contribution in [3.8, 4) is 0 Å². The molecule has 0 radical (unpaired) electrons. The second kappa shape index (κ2) is 7.27.